The van der Waals surface area contributed by atoms with Crippen molar-refractivity contribution in [1.29, 1.82) is 0 Å². The van der Waals surface area contributed by atoms with Crippen LogP contribution in [0.2, 0.25) is 0 Å². The van der Waals surface area contributed by atoms with E-state index in [1.54, 1.807) is 0 Å². The lowest BCUT2D eigenvalue weighted by atomic mass is 9.73. The van der Waals surface area contributed by atoms with E-state index in [0.717, 1.165) is 22.6 Å². The molecular weight excluding hydrogens is 579 g/mol. The van der Waals surface area contributed by atoms with Crippen LogP contribution in [0.4, 0.5) is 17.1 Å². The highest BCUT2D eigenvalue weighted by Crippen LogP contribution is 2.53. The van der Waals surface area contributed by atoms with Gasteiger partial charge in [0.15, 0.2) is 0 Å². The van der Waals surface area contributed by atoms with E-state index in [2.05, 4.69) is 205 Å². The van der Waals surface area contributed by atoms with Gasteiger partial charge in [-0.2, -0.15) is 0 Å². The molecule has 0 aliphatic heterocycles. The number of fused-ring (bicyclic) bond motifs is 6. The lowest BCUT2D eigenvalue weighted by Crippen LogP contribution is -2.25. The van der Waals surface area contributed by atoms with Crippen molar-refractivity contribution in [1.82, 2.24) is 0 Å². The lowest BCUT2D eigenvalue weighted by Gasteiger charge is -2.29. The summed E-state index contributed by atoms with van der Waals surface area (Å²) in [5, 5.41) is 4.98. The topological polar surface area (TPSA) is 3.24 Å². The molecule has 1 nitrogen and oxygen atoms in total. The average molecular weight is 610 g/mol. The van der Waals surface area contributed by atoms with Crippen LogP contribution in [0.5, 0.6) is 0 Å². The molecule has 0 bridgehead atoms. The number of nitrogens with zero attached hydrogens (tertiary/aromatic N) is 1. The molecule has 1 heteroatoms. The second kappa shape index (κ2) is 11.5. The molecule has 0 saturated heterocycles. The first-order valence-corrected chi connectivity index (χ1v) is 16.4. The van der Waals surface area contributed by atoms with Gasteiger partial charge in [-0.3, -0.25) is 0 Å². The SMILES string of the molecule is C(#CC1(c2ccccc2)c2ccccc2-c2cc(N(c3ccccc3)c3ccccc3)ccc21)c1ccc2c(ccc3ccccc32)c1. The minimum Gasteiger partial charge on any atom is -0.310 e. The summed E-state index contributed by atoms with van der Waals surface area (Å²) in [5.41, 5.74) is 9.75. The Hall–Kier alpha value is -6.36. The highest BCUT2D eigenvalue weighted by atomic mass is 15.1. The molecule has 224 valence electrons. The van der Waals surface area contributed by atoms with Gasteiger partial charge in [0.25, 0.3) is 0 Å². The van der Waals surface area contributed by atoms with Crippen LogP contribution in [0.1, 0.15) is 22.3 Å². The van der Waals surface area contributed by atoms with Crippen LogP contribution >= 0.6 is 0 Å². The number of anilines is 3. The van der Waals surface area contributed by atoms with Crippen LogP contribution in [0, 0.1) is 11.8 Å². The van der Waals surface area contributed by atoms with E-state index < -0.39 is 5.41 Å². The predicted molar refractivity (Wildman–Crippen MR) is 201 cm³/mol. The number of benzene rings is 8. The summed E-state index contributed by atoms with van der Waals surface area (Å²) in [6.07, 6.45) is 0. The van der Waals surface area contributed by atoms with Crippen LogP contribution in [0.25, 0.3) is 32.7 Å². The highest BCUT2D eigenvalue weighted by Gasteiger charge is 2.43. The molecule has 1 atom stereocenters. The van der Waals surface area contributed by atoms with Gasteiger partial charge in [-0.25, -0.2) is 0 Å². The largest absolute Gasteiger partial charge is 0.310 e. The molecule has 0 fully saturated rings. The van der Waals surface area contributed by atoms with E-state index in [1.807, 2.05) is 0 Å². The average Bonchev–Trinajstić information content (AvgIpc) is 3.45. The fourth-order valence-electron chi connectivity index (χ4n) is 7.48. The first-order valence-electron chi connectivity index (χ1n) is 16.4. The summed E-state index contributed by atoms with van der Waals surface area (Å²) in [4.78, 5) is 2.33. The number of hydrogen-bond acceptors (Lipinski definition) is 1. The summed E-state index contributed by atoms with van der Waals surface area (Å²) in [6.45, 7) is 0. The summed E-state index contributed by atoms with van der Waals surface area (Å²) in [6, 6.07) is 67.3. The van der Waals surface area contributed by atoms with Crippen LogP contribution in [-0.4, -0.2) is 0 Å². The molecule has 1 unspecified atom stereocenters. The molecule has 0 heterocycles. The van der Waals surface area contributed by atoms with Gasteiger partial charge in [0.05, 0.1) is 0 Å². The maximum absolute atomic E-state index is 3.89. The third kappa shape index (κ3) is 4.50. The maximum atomic E-state index is 3.89. The highest BCUT2D eigenvalue weighted by molar-refractivity contribution is 6.07. The summed E-state index contributed by atoms with van der Waals surface area (Å²) in [5.74, 6) is 7.57. The monoisotopic (exact) mass is 609 g/mol. The Morgan fingerprint density at radius 3 is 1.77 bits per heavy atom. The van der Waals surface area contributed by atoms with Crippen LogP contribution < -0.4 is 4.90 Å². The van der Waals surface area contributed by atoms with E-state index in [-0.39, 0.29) is 0 Å². The van der Waals surface area contributed by atoms with Crippen LogP contribution in [0.15, 0.2) is 188 Å². The third-order valence-corrected chi connectivity index (χ3v) is 9.66. The Kier molecular flexibility index (Phi) is 6.66. The minimum absolute atomic E-state index is 0.631. The van der Waals surface area contributed by atoms with Crippen molar-refractivity contribution < 1.29 is 0 Å². The fraction of sp³-hybridized carbons (Fsp3) is 0.0213. The van der Waals surface area contributed by atoms with Gasteiger partial charge in [0.1, 0.15) is 5.41 Å². The van der Waals surface area contributed by atoms with E-state index in [4.69, 9.17) is 0 Å². The Morgan fingerprint density at radius 1 is 0.396 bits per heavy atom. The first-order chi connectivity index (χ1) is 23.8. The van der Waals surface area contributed by atoms with Crippen molar-refractivity contribution in [2.24, 2.45) is 0 Å². The molecule has 0 radical (unpaired) electrons. The molecular formula is C47H31N. The van der Waals surface area contributed by atoms with Crippen molar-refractivity contribution in [3.8, 4) is 23.0 Å². The summed E-state index contributed by atoms with van der Waals surface area (Å²) >= 11 is 0. The molecule has 0 N–H and O–H groups in total. The Balaban J connectivity index is 1.25. The quantitative estimate of drug-likeness (QED) is 0.142. The smallest absolute Gasteiger partial charge is 0.108 e. The Labute approximate surface area is 281 Å². The second-order valence-corrected chi connectivity index (χ2v) is 12.4. The van der Waals surface area contributed by atoms with E-state index >= 15 is 0 Å². The van der Waals surface area contributed by atoms with Crippen molar-refractivity contribution in [3.63, 3.8) is 0 Å². The van der Waals surface area contributed by atoms with Crippen LogP contribution in [-0.2, 0) is 5.41 Å². The van der Waals surface area contributed by atoms with Gasteiger partial charge in [-0.05, 0) is 97.9 Å². The van der Waals surface area contributed by atoms with Gasteiger partial charge >= 0.3 is 0 Å². The van der Waals surface area contributed by atoms with Gasteiger partial charge in [-0.15, -0.1) is 0 Å². The van der Waals surface area contributed by atoms with Gasteiger partial charge in [0.2, 0.25) is 0 Å². The number of hydrogen-bond donors (Lipinski definition) is 0. The first kappa shape index (κ1) is 27.9. The molecule has 1 aliphatic rings. The number of para-hydroxylation sites is 2. The molecule has 0 spiro atoms. The molecule has 0 saturated carbocycles. The molecule has 0 amide bonds. The molecule has 1 aliphatic carbocycles. The molecule has 0 aromatic heterocycles. The van der Waals surface area contributed by atoms with Gasteiger partial charge < -0.3 is 4.90 Å². The predicted octanol–water partition coefficient (Wildman–Crippen LogP) is 11.8. The van der Waals surface area contributed by atoms with Crippen molar-refractivity contribution in [2.45, 2.75) is 5.41 Å². The summed E-state index contributed by atoms with van der Waals surface area (Å²) < 4.78 is 0. The lowest BCUT2D eigenvalue weighted by molar-refractivity contribution is 0.837. The minimum atomic E-state index is -0.631. The Morgan fingerprint density at radius 2 is 1.00 bits per heavy atom. The molecule has 48 heavy (non-hydrogen) atoms. The molecule has 8 aromatic rings. The normalized spacial score (nSPS) is 14.6. The number of rotatable bonds is 4. The zero-order valence-corrected chi connectivity index (χ0v) is 26.3. The maximum Gasteiger partial charge on any atom is 0.108 e. The van der Waals surface area contributed by atoms with Crippen molar-refractivity contribution >= 4 is 38.6 Å². The fourth-order valence-corrected chi connectivity index (χ4v) is 7.48. The van der Waals surface area contributed by atoms with Crippen LogP contribution in [0.3, 0.4) is 0 Å². The summed E-state index contributed by atoms with van der Waals surface area (Å²) in [7, 11) is 0. The van der Waals surface area contributed by atoms with E-state index in [9.17, 15) is 0 Å². The molecule has 8 aromatic carbocycles. The second-order valence-electron chi connectivity index (χ2n) is 12.4. The van der Waals surface area contributed by atoms with E-state index in [1.165, 1.54) is 49.4 Å². The van der Waals surface area contributed by atoms with Crippen molar-refractivity contribution in [3.05, 3.63) is 210 Å². The molecule has 9 rings (SSSR count). The Bertz CT molecular complexity index is 2470. The zero-order chi connectivity index (χ0) is 31.9. The van der Waals surface area contributed by atoms with Gasteiger partial charge in [0, 0.05) is 22.6 Å². The van der Waals surface area contributed by atoms with Gasteiger partial charge in [-0.1, -0.05) is 151 Å². The zero-order valence-electron chi connectivity index (χ0n) is 26.3. The third-order valence-electron chi connectivity index (χ3n) is 9.66. The standard InChI is InChI=1S/C47H31N/c1-4-15-37(16-5-1)47(31-30-34-24-28-42-36(32-34)26-25-35-14-10-11-21-41(35)42)45-23-13-12-22-43(45)44-33-40(27-29-46(44)47)48(38-17-6-2-7-18-38)39-19-8-3-9-20-39/h1-29,32-33H. The van der Waals surface area contributed by atoms with E-state index in [0.29, 0.717) is 0 Å². The van der Waals surface area contributed by atoms with Crippen molar-refractivity contribution in [2.75, 3.05) is 4.90 Å².